The fourth-order valence-electron chi connectivity index (χ4n) is 2.89. The highest BCUT2D eigenvalue weighted by Gasteiger charge is 2.35. The molecule has 0 unspecified atom stereocenters. The number of nitrogens with zero attached hydrogens (tertiary/aromatic N) is 1. The highest BCUT2D eigenvalue weighted by atomic mass is 16.2. The van der Waals surface area contributed by atoms with E-state index >= 15 is 0 Å². The Kier molecular flexibility index (Phi) is 4.26. The predicted octanol–water partition coefficient (Wildman–Crippen LogP) is 3.27. The summed E-state index contributed by atoms with van der Waals surface area (Å²) in [6.45, 7) is 8.51. The summed E-state index contributed by atoms with van der Waals surface area (Å²) in [7, 11) is 0. The molecule has 0 bridgehead atoms. The third kappa shape index (κ3) is 2.77. The minimum atomic E-state index is -0.454. The first-order valence-electron chi connectivity index (χ1n) is 7.34. The van der Waals surface area contributed by atoms with Crippen molar-refractivity contribution in [2.24, 2.45) is 11.8 Å². The Morgan fingerprint density at radius 2 is 2.00 bits per heavy atom. The molecule has 0 N–H and O–H groups in total. The molecule has 1 heterocycles. The normalized spacial score (nSPS) is 19.6. The molecule has 108 valence electrons. The van der Waals surface area contributed by atoms with Crippen LogP contribution in [0.4, 0.5) is 5.69 Å². The van der Waals surface area contributed by atoms with E-state index < -0.39 is 5.92 Å². The highest BCUT2D eigenvalue weighted by Crippen LogP contribution is 2.29. The van der Waals surface area contributed by atoms with Crippen LogP contribution in [0.25, 0.3) is 0 Å². The highest BCUT2D eigenvalue weighted by molar-refractivity contribution is 6.09. The third-order valence-electron chi connectivity index (χ3n) is 3.99. The number of aryl methyl sites for hydroxylation is 2. The summed E-state index contributed by atoms with van der Waals surface area (Å²) in [6, 6.07) is 6.09. The maximum absolute atomic E-state index is 12.6. The first kappa shape index (κ1) is 14.8. The van der Waals surface area contributed by atoms with Crippen LogP contribution in [0.3, 0.4) is 0 Å². The Labute approximate surface area is 121 Å². The lowest BCUT2D eigenvalue weighted by Gasteiger charge is -2.33. The van der Waals surface area contributed by atoms with Crippen molar-refractivity contribution in [1.82, 2.24) is 0 Å². The Morgan fingerprint density at radius 1 is 1.30 bits per heavy atom. The van der Waals surface area contributed by atoms with Crippen molar-refractivity contribution in [3.05, 3.63) is 29.3 Å². The van der Waals surface area contributed by atoms with Gasteiger partial charge in [-0.15, -0.1) is 0 Å². The number of anilines is 1. The van der Waals surface area contributed by atoms with Gasteiger partial charge in [-0.1, -0.05) is 31.5 Å². The van der Waals surface area contributed by atoms with Crippen LogP contribution < -0.4 is 4.90 Å². The van der Waals surface area contributed by atoms with Crippen LogP contribution >= 0.6 is 0 Å². The van der Waals surface area contributed by atoms with Gasteiger partial charge in [-0.25, -0.2) is 0 Å². The van der Waals surface area contributed by atoms with Gasteiger partial charge >= 0.3 is 0 Å². The fourth-order valence-corrected chi connectivity index (χ4v) is 2.89. The van der Waals surface area contributed by atoms with Crippen molar-refractivity contribution in [3.63, 3.8) is 0 Å². The third-order valence-corrected chi connectivity index (χ3v) is 3.99. The van der Waals surface area contributed by atoms with Crippen LogP contribution in [0.15, 0.2) is 18.2 Å². The Bertz CT molecular complexity index is 534. The minimum absolute atomic E-state index is 0.0260. The van der Waals surface area contributed by atoms with Crippen molar-refractivity contribution < 1.29 is 9.59 Å². The average molecular weight is 273 g/mol. The van der Waals surface area contributed by atoms with Gasteiger partial charge in [0.05, 0.1) is 5.92 Å². The number of hydrogen-bond donors (Lipinski definition) is 0. The van der Waals surface area contributed by atoms with Gasteiger partial charge in [0.15, 0.2) is 0 Å². The molecule has 0 aromatic heterocycles. The summed E-state index contributed by atoms with van der Waals surface area (Å²) in [5.41, 5.74) is 3.23. The Balaban J connectivity index is 2.28. The number of hydrogen-bond acceptors (Lipinski definition) is 2. The molecule has 0 radical (unpaired) electrons. The summed E-state index contributed by atoms with van der Waals surface area (Å²) in [5, 5.41) is 0. The zero-order valence-electron chi connectivity index (χ0n) is 12.8. The summed E-state index contributed by atoms with van der Waals surface area (Å²) in [4.78, 5) is 26.6. The van der Waals surface area contributed by atoms with Crippen LogP contribution in [-0.2, 0) is 9.59 Å². The molecule has 1 aromatic rings. The number of rotatable bonds is 3. The number of ketones is 1. The van der Waals surface area contributed by atoms with Crippen molar-refractivity contribution in [2.45, 2.75) is 40.5 Å². The first-order valence-corrected chi connectivity index (χ1v) is 7.34. The maximum Gasteiger partial charge on any atom is 0.237 e. The van der Waals surface area contributed by atoms with Crippen LogP contribution in [0, 0.1) is 25.7 Å². The molecular weight excluding hydrogens is 250 g/mol. The van der Waals surface area contributed by atoms with Crippen molar-refractivity contribution >= 4 is 17.4 Å². The molecule has 1 aliphatic heterocycles. The molecule has 0 saturated carbocycles. The standard InChI is InChI=1S/C17H23NO2/c1-11(2)16(19)14-6-5-9-18(17(14)20)15-8-7-12(3)10-13(15)4/h7-8,10-11,14H,5-6,9H2,1-4H3/t14-/m0/s1. The largest absolute Gasteiger partial charge is 0.312 e. The van der Waals surface area contributed by atoms with Gasteiger partial charge in [0.1, 0.15) is 5.78 Å². The lowest BCUT2D eigenvalue weighted by Crippen LogP contribution is -2.45. The van der Waals surface area contributed by atoms with Gasteiger partial charge < -0.3 is 4.90 Å². The number of Topliss-reactive ketones (excluding diaryl/α,β-unsaturated/α-hetero) is 1. The molecule has 1 amide bonds. The van der Waals surface area contributed by atoms with Gasteiger partial charge in [-0.05, 0) is 38.3 Å². The van der Waals surface area contributed by atoms with Gasteiger partial charge in [0.25, 0.3) is 0 Å². The van der Waals surface area contributed by atoms with Gasteiger partial charge in [0.2, 0.25) is 5.91 Å². The summed E-state index contributed by atoms with van der Waals surface area (Å²) in [5.74, 6) is -0.487. The number of piperidine rings is 1. The summed E-state index contributed by atoms with van der Waals surface area (Å²) >= 11 is 0. The zero-order valence-corrected chi connectivity index (χ0v) is 12.8. The SMILES string of the molecule is Cc1ccc(N2CCC[C@@H](C(=O)C(C)C)C2=O)c(C)c1. The maximum atomic E-state index is 12.6. The van der Waals surface area contributed by atoms with E-state index in [1.807, 2.05) is 39.8 Å². The summed E-state index contributed by atoms with van der Waals surface area (Å²) in [6.07, 6.45) is 1.58. The van der Waals surface area contributed by atoms with Crippen molar-refractivity contribution in [2.75, 3.05) is 11.4 Å². The quantitative estimate of drug-likeness (QED) is 0.793. The first-order chi connectivity index (χ1) is 9.41. The second-order valence-corrected chi connectivity index (χ2v) is 6.03. The van der Waals surface area contributed by atoms with E-state index in [0.717, 1.165) is 17.7 Å². The minimum Gasteiger partial charge on any atom is -0.312 e. The molecule has 20 heavy (non-hydrogen) atoms. The molecule has 2 rings (SSSR count). The van der Waals surface area contributed by atoms with Crippen LogP contribution in [-0.4, -0.2) is 18.2 Å². The second kappa shape index (κ2) is 5.78. The molecule has 3 heteroatoms. The number of carbonyl (C=O) groups is 2. The number of amides is 1. The molecule has 1 fully saturated rings. The summed E-state index contributed by atoms with van der Waals surface area (Å²) < 4.78 is 0. The molecule has 1 aliphatic rings. The number of benzene rings is 1. The monoisotopic (exact) mass is 273 g/mol. The predicted molar refractivity (Wildman–Crippen MR) is 80.8 cm³/mol. The number of carbonyl (C=O) groups excluding carboxylic acids is 2. The lowest BCUT2D eigenvalue weighted by molar-refractivity contribution is -0.135. The second-order valence-electron chi connectivity index (χ2n) is 6.03. The van der Waals surface area contributed by atoms with E-state index in [-0.39, 0.29) is 17.6 Å². The fraction of sp³-hybridized carbons (Fsp3) is 0.529. The van der Waals surface area contributed by atoms with Crippen molar-refractivity contribution in [3.8, 4) is 0 Å². The van der Waals surface area contributed by atoms with E-state index in [9.17, 15) is 9.59 Å². The smallest absolute Gasteiger partial charge is 0.237 e. The van der Waals surface area contributed by atoms with Gasteiger partial charge in [-0.3, -0.25) is 9.59 Å². The molecule has 3 nitrogen and oxygen atoms in total. The van der Waals surface area contributed by atoms with Gasteiger partial charge in [0, 0.05) is 18.2 Å². The van der Waals surface area contributed by atoms with E-state index in [0.29, 0.717) is 13.0 Å². The van der Waals surface area contributed by atoms with E-state index in [2.05, 4.69) is 6.07 Å². The van der Waals surface area contributed by atoms with E-state index in [1.54, 1.807) is 4.90 Å². The van der Waals surface area contributed by atoms with Crippen LogP contribution in [0.5, 0.6) is 0 Å². The van der Waals surface area contributed by atoms with E-state index in [1.165, 1.54) is 5.56 Å². The average Bonchev–Trinajstić information content (AvgIpc) is 2.39. The zero-order chi connectivity index (χ0) is 14.9. The topological polar surface area (TPSA) is 37.4 Å². The molecular formula is C17H23NO2. The molecule has 1 aromatic carbocycles. The van der Waals surface area contributed by atoms with Crippen LogP contribution in [0.2, 0.25) is 0 Å². The molecule has 1 atom stereocenters. The molecule has 0 spiro atoms. The van der Waals surface area contributed by atoms with E-state index in [4.69, 9.17) is 0 Å². The Hall–Kier alpha value is -1.64. The molecule has 0 aliphatic carbocycles. The van der Waals surface area contributed by atoms with Crippen molar-refractivity contribution in [1.29, 1.82) is 0 Å². The van der Waals surface area contributed by atoms with Gasteiger partial charge in [-0.2, -0.15) is 0 Å². The van der Waals surface area contributed by atoms with Crippen LogP contribution in [0.1, 0.15) is 37.8 Å². The lowest BCUT2D eigenvalue weighted by atomic mass is 9.87. The Morgan fingerprint density at radius 3 is 2.60 bits per heavy atom. The molecule has 1 saturated heterocycles.